The average molecular weight is 380 g/mol. The fraction of sp³-hybridized carbons (Fsp3) is 0.304. The van der Waals surface area contributed by atoms with Gasteiger partial charge in [-0.3, -0.25) is 14.5 Å². The molecule has 0 saturated carbocycles. The van der Waals surface area contributed by atoms with Crippen molar-refractivity contribution in [2.45, 2.75) is 26.9 Å². The summed E-state index contributed by atoms with van der Waals surface area (Å²) in [7, 11) is 1.60. The molecule has 0 aliphatic heterocycles. The molecule has 0 radical (unpaired) electrons. The Morgan fingerprint density at radius 1 is 0.964 bits per heavy atom. The highest BCUT2D eigenvalue weighted by Gasteiger charge is 2.07. The predicted octanol–water partition coefficient (Wildman–Crippen LogP) is 3.22. The first-order chi connectivity index (χ1) is 13.6. The zero-order valence-corrected chi connectivity index (χ0v) is 16.9. The fourth-order valence-corrected chi connectivity index (χ4v) is 2.88. The second kappa shape index (κ2) is 11.0. The van der Waals surface area contributed by atoms with E-state index in [2.05, 4.69) is 41.5 Å². The minimum absolute atomic E-state index is 0.128. The largest absolute Gasteiger partial charge is 0.355 e. The fourth-order valence-electron chi connectivity index (χ4n) is 2.88. The summed E-state index contributed by atoms with van der Waals surface area (Å²) in [6, 6.07) is 15.3. The van der Waals surface area contributed by atoms with E-state index in [1.165, 1.54) is 11.6 Å². The number of hydrogen-bond donors (Lipinski definition) is 2. The number of hydrogen-bond acceptors (Lipinski definition) is 3. The third kappa shape index (κ3) is 6.35. The summed E-state index contributed by atoms with van der Waals surface area (Å²) in [6.45, 7) is 7.68. The molecule has 0 heterocycles. The highest BCUT2D eigenvalue weighted by atomic mass is 16.2. The molecule has 2 amide bonds. The standard InChI is InChI=1S/C23H29N3O2/c1-4-26(5-2)17-21-9-7-6-8-20(21)16-25-22(27)15-12-18-10-13-19(14-11-18)23(28)24-3/h6-15H,4-5,16-17H2,1-3H3,(H,24,28)(H,25,27)/b15-12+. The Bertz CT molecular complexity index is 809. The lowest BCUT2D eigenvalue weighted by molar-refractivity contribution is -0.116. The summed E-state index contributed by atoms with van der Waals surface area (Å²) in [6.07, 6.45) is 3.26. The molecule has 2 N–H and O–H groups in total. The number of carbonyl (C=O) groups is 2. The van der Waals surface area contributed by atoms with Crippen LogP contribution in [0.2, 0.25) is 0 Å². The molecule has 0 spiro atoms. The highest BCUT2D eigenvalue weighted by molar-refractivity contribution is 5.94. The lowest BCUT2D eigenvalue weighted by Gasteiger charge is -2.20. The highest BCUT2D eigenvalue weighted by Crippen LogP contribution is 2.12. The summed E-state index contributed by atoms with van der Waals surface area (Å²) >= 11 is 0. The summed E-state index contributed by atoms with van der Waals surface area (Å²) in [5, 5.41) is 5.53. The second-order valence-corrected chi connectivity index (χ2v) is 6.48. The van der Waals surface area contributed by atoms with Crippen molar-refractivity contribution in [1.82, 2.24) is 15.5 Å². The van der Waals surface area contributed by atoms with E-state index in [4.69, 9.17) is 0 Å². The third-order valence-corrected chi connectivity index (χ3v) is 4.69. The Kier molecular flexibility index (Phi) is 8.43. The van der Waals surface area contributed by atoms with E-state index in [0.717, 1.165) is 30.8 Å². The van der Waals surface area contributed by atoms with Crippen LogP contribution in [0.15, 0.2) is 54.6 Å². The summed E-state index contributed by atoms with van der Waals surface area (Å²) in [5.74, 6) is -0.273. The number of amides is 2. The summed E-state index contributed by atoms with van der Waals surface area (Å²) in [4.78, 5) is 26.1. The van der Waals surface area contributed by atoms with Crippen molar-refractivity contribution in [3.05, 3.63) is 76.9 Å². The maximum absolute atomic E-state index is 12.2. The van der Waals surface area contributed by atoms with E-state index in [0.29, 0.717) is 12.1 Å². The maximum atomic E-state index is 12.2. The molecule has 0 atom stereocenters. The quantitative estimate of drug-likeness (QED) is 0.658. The van der Waals surface area contributed by atoms with Crippen LogP contribution < -0.4 is 10.6 Å². The van der Waals surface area contributed by atoms with Crippen molar-refractivity contribution < 1.29 is 9.59 Å². The number of benzene rings is 2. The van der Waals surface area contributed by atoms with Crippen LogP contribution in [0, 0.1) is 0 Å². The molecule has 0 saturated heterocycles. The molecule has 0 fully saturated rings. The molecule has 5 nitrogen and oxygen atoms in total. The molecule has 5 heteroatoms. The van der Waals surface area contributed by atoms with Gasteiger partial charge in [0.1, 0.15) is 0 Å². The Labute approximate surface area is 167 Å². The molecular formula is C23H29N3O2. The SMILES string of the molecule is CCN(CC)Cc1ccccc1CNC(=O)/C=C/c1ccc(C(=O)NC)cc1. The van der Waals surface area contributed by atoms with Crippen LogP contribution in [0.1, 0.15) is 40.9 Å². The van der Waals surface area contributed by atoms with Gasteiger partial charge in [-0.25, -0.2) is 0 Å². The number of carbonyl (C=O) groups excluding carboxylic acids is 2. The van der Waals surface area contributed by atoms with Crippen LogP contribution in [-0.4, -0.2) is 36.9 Å². The van der Waals surface area contributed by atoms with E-state index in [1.807, 2.05) is 24.3 Å². The molecule has 0 unspecified atom stereocenters. The van der Waals surface area contributed by atoms with Gasteiger partial charge in [0.25, 0.3) is 5.91 Å². The van der Waals surface area contributed by atoms with E-state index in [9.17, 15) is 9.59 Å². The lowest BCUT2D eigenvalue weighted by atomic mass is 10.1. The number of rotatable bonds is 9. The molecule has 148 valence electrons. The second-order valence-electron chi connectivity index (χ2n) is 6.48. The Morgan fingerprint density at radius 2 is 1.61 bits per heavy atom. The lowest BCUT2D eigenvalue weighted by Crippen LogP contribution is -2.25. The predicted molar refractivity (Wildman–Crippen MR) is 114 cm³/mol. The van der Waals surface area contributed by atoms with Gasteiger partial charge in [-0.2, -0.15) is 0 Å². The van der Waals surface area contributed by atoms with Crippen molar-refractivity contribution in [2.75, 3.05) is 20.1 Å². The van der Waals surface area contributed by atoms with Crippen LogP contribution in [0.3, 0.4) is 0 Å². The summed E-state index contributed by atoms with van der Waals surface area (Å²) < 4.78 is 0. The van der Waals surface area contributed by atoms with Gasteiger partial charge >= 0.3 is 0 Å². The van der Waals surface area contributed by atoms with Crippen LogP contribution in [0.5, 0.6) is 0 Å². The Morgan fingerprint density at radius 3 is 2.21 bits per heavy atom. The Balaban J connectivity index is 1.94. The van der Waals surface area contributed by atoms with Crippen LogP contribution >= 0.6 is 0 Å². The molecule has 2 aromatic rings. The van der Waals surface area contributed by atoms with E-state index in [1.54, 1.807) is 25.3 Å². The number of nitrogens with one attached hydrogen (secondary N) is 2. The van der Waals surface area contributed by atoms with Gasteiger partial charge in [-0.15, -0.1) is 0 Å². The normalized spacial score (nSPS) is 11.0. The minimum Gasteiger partial charge on any atom is -0.355 e. The van der Waals surface area contributed by atoms with Crippen molar-refractivity contribution in [3.63, 3.8) is 0 Å². The minimum atomic E-state index is -0.145. The molecule has 2 rings (SSSR count). The van der Waals surface area contributed by atoms with Crippen molar-refractivity contribution >= 4 is 17.9 Å². The smallest absolute Gasteiger partial charge is 0.251 e. The van der Waals surface area contributed by atoms with Crippen LogP contribution in [0.4, 0.5) is 0 Å². The number of nitrogens with zero attached hydrogens (tertiary/aromatic N) is 1. The Hall–Kier alpha value is -2.92. The molecule has 0 aromatic heterocycles. The van der Waals surface area contributed by atoms with Crippen LogP contribution in [-0.2, 0) is 17.9 Å². The maximum Gasteiger partial charge on any atom is 0.251 e. The van der Waals surface area contributed by atoms with Crippen LogP contribution in [0.25, 0.3) is 6.08 Å². The molecule has 28 heavy (non-hydrogen) atoms. The zero-order valence-electron chi connectivity index (χ0n) is 16.9. The van der Waals surface area contributed by atoms with E-state index in [-0.39, 0.29) is 11.8 Å². The summed E-state index contributed by atoms with van der Waals surface area (Å²) in [5.41, 5.74) is 3.82. The van der Waals surface area contributed by atoms with E-state index < -0.39 is 0 Å². The van der Waals surface area contributed by atoms with Gasteiger partial charge in [0.2, 0.25) is 5.91 Å². The molecule has 0 aliphatic rings. The molecule has 0 bridgehead atoms. The van der Waals surface area contributed by atoms with Gasteiger partial charge in [0.15, 0.2) is 0 Å². The average Bonchev–Trinajstić information content (AvgIpc) is 2.75. The van der Waals surface area contributed by atoms with E-state index >= 15 is 0 Å². The van der Waals surface area contributed by atoms with Gasteiger partial charge < -0.3 is 10.6 Å². The van der Waals surface area contributed by atoms with Crippen molar-refractivity contribution in [2.24, 2.45) is 0 Å². The van der Waals surface area contributed by atoms with Crippen molar-refractivity contribution in [3.8, 4) is 0 Å². The molecule has 0 aliphatic carbocycles. The van der Waals surface area contributed by atoms with Gasteiger partial charge in [0.05, 0.1) is 0 Å². The van der Waals surface area contributed by atoms with Gasteiger partial charge in [-0.05, 0) is 48.0 Å². The van der Waals surface area contributed by atoms with Crippen molar-refractivity contribution in [1.29, 1.82) is 0 Å². The molecule has 2 aromatic carbocycles. The van der Waals surface area contributed by atoms with Gasteiger partial charge in [0, 0.05) is 31.8 Å². The first kappa shape index (κ1) is 21.4. The zero-order chi connectivity index (χ0) is 20.4. The topological polar surface area (TPSA) is 61.4 Å². The first-order valence-corrected chi connectivity index (χ1v) is 9.64. The first-order valence-electron chi connectivity index (χ1n) is 9.64. The molecular weight excluding hydrogens is 350 g/mol. The third-order valence-electron chi connectivity index (χ3n) is 4.69. The van der Waals surface area contributed by atoms with Gasteiger partial charge in [-0.1, -0.05) is 50.2 Å². The monoisotopic (exact) mass is 379 g/mol.